The van der Waals surface area contributed by atoms with Crippen LogP contribution < -0.4 is 0 Å². The number of H-pyrrole nitrogens is 1. The number of hydrogen-bond donors (Lipinski definition) is 3. The first-order chi connectivity index (χ1) is 9.04. The van der Waals surface area contributed by atoms with E-state index in [1.54, 1.807) is 18.2 Å². The van der Waals surface area contributed by atoms with E-state index in [9.17, 15) is 10.2 Å². The van der Waals surface area contributed by atoms with E-state index in [1.807, 2.05) is 0 Å². The van der Waals surface area contributed by atoms with Crippen molar-refractivity contribution in [3.05, 3.63) is 40.4 Å². The van der Waals surface area contributed by atoms with Crippen LogP contribution >= 0.6 is 23.2 Å². The van der Waals surface area contributed by atoms with Crippen LogP contribution in [0.5, 0.6) is 11.5 Å². The maximum atomic E-state index is 9.81. The van der Waals surface area contributed by atoms with Gasteiger partial charge in [0.25, 0.3) is 0 Å². The lowest BCUT2D eigenvalue weighted by Gasteiger charge is -2.00. The summed E-state index contributed by atoms with van der Waals surface area (Å²) in [6, 6.07) is 7.63. The Morgan fingerprint density at radius 2 is 1.74 bits per heavy atom. The molecular weight excluding hydrogens is 287 g/mol. The Bertz CT molecular complexity index is 745. The topological polar surface area (TPSA) is 69.1 Å². The molecular formula is C13H8Cl2N2O2. The summed E-state index contributed by atoms with van der Waals surface area (Å²) in [6.07, 6.45) is 0. The average molecular weight is 295 g/mol. The summed E-state index contributed by atoms with van der Waals surface area (Å²) in [5.41, 5.74) is 1.86. The van der Waals surface area contributed by atoms with Crippen LogP contribution in [0.1, 0.15) is 0 Å². The average Bonchev–Trinajstić information content (AvgIpc) is 2.72. The number of halogens is 2. The van der Waals surface area contributed by atoms with Crippen LogP contribution in [-0.4, -0.2) is 20.2 Å². The highest BCUT2D eigenvalue weighted by atomic mass is 35.5. The number of rotatable bonds is 1. The first-order valence-electron chi connectivity index (χ1n) is 5.42. The van der Waals surface area contributed by atoms with Crippen molar-refractivity contribution in [1.82, 2.24) is 9.97 Å². The minimum absolute atomic E-state index is 0.0107. The summed E-state index contributed by atoms with van der Waals surface area (Å²) in [5, 5.41) is 19.9. The Balaban J connectivity index is 2.20. The molecule has 1 heterocycles. The molecule has 0 fully saturated rings. The van der Waals surface area contributed by atoms with Gasteiger partial charge in [0.15, 0.2) is 0 Å². The Hall–Kier alpha value is -1.91. The minimum Gasteiger partial charge on any atom is -0.508 e. The molecule has 0 aliphatic rings. The molecule has 0 aliphatic carbocycles. The predicted molar refractivity (Wildman–Crippen MR) is 74.9 cm³/mol. The van der Waals surface area contributed by atoms with Crippen molar-refractivity contribution >= 4 is 34.2 Å². The van der Waals surface area contributed by atoms with Crippen LogP contribution in [0.15, 0.2) is 30.3 Å². The number of imidazole rings is 1. The van der Waals surface area contributed by atoms with Crippen LogP contribution in [0.2, 0.25) is 10.0 Å². The van der Waals surface area contributed by atoms with E-state index in [2.05, 4.69) is 9.97 Å². The van der Waals surface area contributed by atoms with Crippen molar-refractivity contribution in [2.45, 2.75) is 0 Å². The third kappa shape index (κ3) is 2.09. The lowest BCUT2D eigenvalue weighted by Crippen LogP contribution is -1.81. The SMILES string of the molecule is Oc1ccc(-c2nc3cc(Cl)c(Cl)cc3[nH]2)c(O)c1. The number of fused-ring (bicyclic) bond motifs is 1. The van der Waals surface area contributed by atoms with Crippen LogP contribution in [-0.2, 0) is 0 Å². The number of aromatic nitrogens is 2. The van der Waals surface area contributed by atoms with Crippen molar-refractivity contribution in [3.8, 4) is 22.9 Å². The van der Waals surface area contributed by atoms with E-state index in [4.69, 9.17) is 23.2 Å². The number of benzene rings is 2. The monoisotopic (exact) mass is 294 g/mol. The van der Waals surface area contributed by atoms with Crippen molar-refractivity contribution in [1.29, 1.82) is 0 Å². The first-order valence-corrected chi connectivity index (χ1v) is 6.17. The molecule has 19 heavy (non-hydrogen) atoms. The fraction of sp³-hybridized carbons (Fsp3) is 0. The van der Waals surface area contributed by atoms with Gasteiger partial charge in [-0.3, -0.25) is 0 Å². The zero-order chi connectivity index (χ0) is 13.6. The second-order valence-electron chi connectivity index (χ2n) is 4.07. The van der Waals surface area contributed by atoms with Crippen molar-refractivity contribution in [2.24, 2.45) is 0 Å². The molecule has 0 bridgehead atoms. The van der Waals surface area contributed by atoms with Gasteiger partial charge in [0, 0.05) is 6.07 Å². The fourth-order valence-electron chi connectivity index (χ4n) is 1.85. The van der Waals surface area contributed by atoms with E-state index in [0.717, 1.165) is 5.52 Å². The van der Waals surface area contributed by atoms with Gasteiger partial charge in [0.05, 0.1) is 26.6 Å². The predicted octanol–water partition coefficient (Wildman–Crippen LogP) is 3.95. The van der Waals surface area contributed by atoms with E-state index < -0.39 is 0 Å². The number of phenolic OH excluding ortho intramolecular Hbond substituents is 2. The molecule has 3 aromatic rings. The van der Waals surface area contributed by atoms with Gasteiger partial charge in [-0.1, -0.05) is 23.2 Å². The molecule has 0 aliphatic heterocycles. The molecule has 0 saturated heterocycles. The largest absolute Gasteiger partial charge is 0.508 e. The lowest BCUT2D eigenvalue weighted by molar-refractivity contribution is 0.451. The third-order valence-corrected chi connectivity index (χ3v) is 3.48. The zero-order valence-corrected chi connectivity index (χ0v) is 11.0. The highest BCUT2D eigenvalue weighted by Gasteiger charge is 2.11. The molecule has 0 radical (unpaired) electrons. The number of hydrogen-bond acceptors (Lipinski definition) is 3. The Morgan fingerprint density at radius 1 is 1.00 bits per heavy atom. The molecule has 0 amide bonds. The second-order valence-corrected chi connectivity index (χ2v) is 4.88. The number of aromatic hydroxyl groups is 2. The fourth-order valence-corrected chi connectivity index (χ4v) is 2.17. The highest BCUT2D eigenvalue weighted by Crippen LogP contribution is 2.33. The Morgan fingerprint density at radius 3 is 2.47 bits per heavy atom. The second kappa shape index (κ2) is 4.33. The standard InChI is InChI=1S/C13H8Cl2N2O2/c14-8-4-10-11(5-9(8)15)17-13(16-10)7-2-1-6(18)3-12(7)19/h1-5,18-19H,(H,16,17). The van der Waals surface area contributed by atoms with Crippen molar-refractivity contribution < 1.29 is 10.2 Å². The van der Waals surface area contributed by atoms with Gasteiger partial charge < -0.3 is 15.2 Å². The van der Waals surface area contributed by atoms with Crippen molar-refractivity contribution in [3.63, 3.8) is 0 Å². The summed E-state index contributed by atoms with van der Waals surface area (Å²) in [4.78, 5) is 7.38. The number of phenols is 2. The van der Waals surface area contributed by atoms with E-state index in [0.29, 0.717) is 26.9 Å². The van der Waals surface area contributed by atoms with Gasteiger partial charge in [0.1, 0.15) is 17.3 Å². The van der Waals surface area contributed by atoms with Gasteiger partial charge in [-0.05, 0) is 24.3 Å². The molecule has 3 rings (SSSR count). The van der Waals surface area contributed by atoms with Gasteiger partial charge in [0.2, 0.25) is 0 Å². The zero-order valence-electron chi connectivity index (χ0n) is 9.48. The number of nitrogens with zero attached hydrogens (tertiary/aromatic N) is 1. The molecule has 0 atom stereocenters. The maximum Gasteiger partial charge on any atom is 0.142 e. The van der Waals surface area contributed by atoms with Crippen LogP contribution in [0.4, 0.5) is 0 Å². The molecule has 96 valence electrons. The highest BCUT2D eigenvalue weighted by molar-refractivity contribution is 6.42. The van der Waals surface area contributed by atoms with Gasteiger partial charge in [-0.15, -0.1) is 0 Å². The maximum absolute atomic E-state index is 9.81. The summed E-state index contributed by atoms with van der Waals surface area (Å²) in [5.74, 6) is 0.408. The summed E-state index contributed by atoms with van der Waals surface area (Å²) < 4.78 is 0. The molecule has 0 spiro atoms. The summed E-state index contributed by atoms with van der Waals surface area (Å²) >= 11 is 11.9. The number of aromatic amines is 1. The molecule has 0 unspecified atom stereocenters. The molecule has 4 nitrogen and oxygen atoms in total. The lowest BCUT2D eigenvalue weighted by atomic mass is 10.2. The van der Waals surface area contributed by atoms with Crippen LogP contribution in [0, 0.1) is 0 Å². The summed E-state index contributed by atoms with van der Waals surface area (Å²) in [6.45, 7) is 0. The number of nitrogens with one attached hydrogen (secondary N) is 1. The third-order valence-electron chi connectivity index (χ3n) is 2.76. The van der Waals surface area contributed by atoms with Crippen LogP contribution in [0.3, 0.4) is 0 Å². The first kappa shape index (κ1) is 12.1. The van der Waals surface area contributed by atoms with Gasteiger partial charge in [-0.25, -0.2) is 4.98 Å². The van der Waals surface area contributed by atoms with Gasteiger partial charge in [-0.2, -0.15) is 0 Å². The van der Waals surface area contributed by atoms with Gasteiger partial charge >= 0.3 is 0 Å². The normalized spacial score (nSPS) is 11.1. The van der Waals surface area contributed by atoms with Crippen molar-refractivity contribution in [2.75, 3.05) is 0 Å². The Kier molecular flexibility index (Phi) is 2.77. The van der Waals surface area contributed by atoms with Crippen LogP contribution in [0.25, 0.3) is 22.4 Å². The quantitative estimate of drug-likeness (QED) is 0.636. The Labute approximate surface area is 118 Å². The molecule has 6 heteroatoms. The van der Waals surface area contributed by atoms with E-state index in [1.165, 1.54) is 12.1 Å². The minimum atomic E-state index is -0.0590. The smallest absolute Gasteiger partial charge is 0.142 e. The molecule has 0 saturated carbocycles. The summed E-state index contributed by atoms with van der Waals surface area (Å²) in [7, 11) is 0. The molecule has 3 N–H and O–H groups in total. The van der Waals surface area contributed by atoms with E-state index in [-0.39, 0.29) is 11.5 Å². The van der Waals surface area contributed by atoms with E-state index >= 15 is 0 Å². The molecule has 2 aromatic carbocycles. The molecule has 1 aromatic heterocycles.